The molecule has 4 nitrogen and oxygen atoms in total. The first-order valence-electron chi connectivity index (χ1n) is 7.80. The van der Waals surface area contributed by atoms with Gasteiger partial charge >= 0.3 is 18.9 Å². The van der Waals surface area contributed by atoms with Crippen LogP contribution in [0.1, 0.15) is 17.0 Å². The van der Waals surface area contributed by atoms with Crippen LogP contribution in [0.4, 0.5) is 0 Å². The molecule has 0 unspecified atom stereocenters. The van der Waals surface area contributed by atoms with Gasteiger partial charge in [-0.2, -0.15) is 0 Å². The summed E-state index contributed by atoms with van der Waals surface area (Å²) in [7, 11) is 1.80. The number of likely N-dealkylation sites (N-methyl/N-ethyl adjacent to an activating group) is 1. The number of hydrogen-bond acceptors (Lipinski definition) is 4. The minimum atomic E-state index is -1.05. The van der Waals surface area contributed by atoms with Crippen molar-refractivity contribution in [2.75, 3.05) is 26.7 Å². The second-order valence-corrected chi connectivity index (χ2v) is 6.07. The zero-order valence-corrected chi connectivity index (χ0v) is 14.1. The SMILES string of the molecule is CN(CC(=O)[O-])C[C@@H]1COc2ccccc2[C@@H]1c1ccccc1.[Li+]. The van der Waals surface area contributed by atoms with Gasteiger partial charge in [-0.3, -0.25) is 0 Å². The molecule has 2 aromatic carbocycles. The van der Waals surface area contributed by atoms with Crippen LogP contribution in [0.5, 0.6) is 5.75 Å². The van der Waals surface area contributed by atoms with Crippen LogP contribution in [0.25, 0.3) is 0 Å². The smallest absolute Gasteiger partial charge is 0.549 e. The summed E-state index contributed by atoms with van der Waals surface area (Å²) >= 11 is 0. The van der Waals surface area contributed by atoms with Gasteiger partial charge in [0.2, 0.25) is 0 Å². The van der Waals surface area contributed by atoms with Gasteiger partial charge in [-0.05, 0) is 18.7 Å². The van der Waals surface area contributed by atoms with Crippen molar-refractivity contribution in [1.82, 2.24) is 4.90 Å². The van der Waals surface area contributed by atoms with Crippen molar-refractivity contribution in [1.29, 1.82) is 0 Å². The van der Waals surface area contributed by atoms with E-state index >= 15 is 0 Å². The number of carboxylic acids is 1. The molecule has 0 saturated carbocycles. The fourth-order valence-corrected chi connectivity index (χ4v) is 3.37. The van der Waals surface area contributed by atoms with E-state index in [-0.39, 0.29) is 37.2 Å². The van der Waals surface area contributed by atoms with Crippen LogP contribution in [0, 0.1) is 5.92 Å². The predicted molar refractivity (Wildman–Crippen MR) is 86.2 cm³/mol. The van der Waals surface area contributed by atoms with Crippen LogP contribution < -0.4 is 28.7 Å². The van der Waals surface area contributed by atoms with E-state index in [9.17, 15) is 9.90 Å². The molecule has 0 spiro atoms. The Morgan fingerprint density at radius 3 is 2.54 bits per heavy atom. The van der Waals surface area contributed by atoms with Gasteiger partial charge < -0.3 is 19.5 Å². The Bertz CT molecular complexity index is 677. The summed E-state index contributed by atoms with van der Waals surface area (Å²) in [6, 6.07) is 18.4. The van der Waals surface area contributed by atoms with Gasteiger partial charge in [0.25, 0.3) is 0 Å². The minimum Gasteiger partial charge on any atom is -0.549 e. The maximum absolute atomic E-state index is 10.8. The maximum Gasteiger partial charge on any atom is 1.00 e. The monoisotopic (exact) mass is 317 g/mol. The summed E-state index contributed by atoms with van der Waals surface area (Å²) in [4.78, 5) is 12.6. The van der Waals surface area contributed by atoms with E-state index in [2.05, 4.69) is 18.2 Å². The average Bonchev–Trinajstić information content (AvgIpc) is 2.54. The van der Waals surface area contributed by atoms with Crippen LogP contribution in [0.2, 0.25) is 0 Å². The molecule has 3 rings (SSSR count). The number of carbonyl (C=O) groups excluding carboxylic acids is 1. The molecule has 0 N–H and O–H groups in total. The summed E-state index contributed by atoms with van der Waals surface area (Å²) in [6.45, 7) is 1.15. The van der Waals surface area contributed by atoms with Crippen LogP contribution in [0.15, 0.2) is 54.6 Å². The van der Waals surface area contributed by atoms with Gasteiger partial charge in [-0.15, -0.1) is 0 Å². The molecule has 1 heterocycles. The average molecular weight is 317 g/mol. The molecule has 0 fully saturated rings. The molecule has 0 aromatic heterocycles. The number of carbonyl (C=O) groups is 1. The molecule has 2 aromatic rings. The first kappa shape index (κ1) is 18.6. The fraction of sp³-hybridized carbons (Fsp3) is 0.316. The third-order valence-corrected chi connectivity index (χ3v) is 4.28. The first-order valence-corrected chi connectivity index (χ1v) is 7.80. The number of aliphatic carboxylic acids is 1. The third kappa shape index (κ3) is 4.21. The van der Waals surface area contributed by atoms with Crippen LogP contribution in [0.3, 0.4) is 0 Å². The number of carboxylic acid groups (broad SMARTS) is 1. The molecule has 120 valence electrons. The summed E-state index contributed by atoms with van der Waals surface area (Å²) in [5, 5.41) is 10.8. The van der Waals surface area contributed by atoms with Gasteiger partial charge in [0.15, 0.2) is 0 Å². The maximum atomic E-state index is 10.8. The van der Waals surface area contributed by atoms with E-state index < -0.39 is 5.97 Å². The van der Waals surface area contributed by atoms with Gasteiger partial charge in [0, 0.05) is 30.5 Å². The fourth-order valence-electron chi connectivity index (χ4n) is 3.37. The van der Waals surface area contributed by atoms with Crippen molar-refractivity contribution in [3.05, 3.63) is 65.7 Å². The van der Waals surface area contributed by atoms with Crippen LogP contribution in [-0.2, 0) is 4.79 Å². The predicted octanol–water partition coefficient (Wildman–Crippen LogP) is -1.49. The second-order valence-electron chi connectivity index (χ2n) is 6.07. The van der Waals surface area contributed by atoms with Crippen LogP contribution in [-0.4, -0.2) is 37.6 Å². The number of hydrogen-bond donors (Lipinski definition) is 0. The number of fused-ring (bicyclic) bond motifs is 1. The molecule has 0 radical (unpaired) electrons. The molecule has 24 heavy (non-hydrogen) atoms. The van der Waals surface area contributed by atoms with E-state index in [0.717, 1.165) is 11.3 Å². The molecule has 0 saturated heterocycles. The van der Waals surface area contributed by atoms with Crippen molar-refractivity contribution in [2.24, 2.45) is 5.92 Å². The van der Waals surface area contributed by atoms with Gasteiger partial charge in [-0.1, -0.05) is 48.5 Å². The quantitative estimate of drug-likeness (QED) is 0.631. The summed E-state index contributed by atoms with van der Waals surface area (Å²) in [5.74, 6) is 0.253. The molecular formula is C19H20LiNO3. The van der Waals surface area contributed by atoms with E-state index in [1.165, 1.54) is 5.56 Å². The molecule has 1 aliphatic rings. The number of benzene rings is 2. The molecule has 2 atom stereocenters. The third-order valence-electron chi connectivity index (χ3n) is 4.28. The molecule has 0 amide bonds. The molecule has 0 bridgehead atoms. The van der Waals surface area contributed by atoms with Crippen molar-refractivity contribution in [2.45, 2.75) is 5.92 Å². The van der Waals surface area contributed by atoms with Crippen molar-refractivity contribution < 1.29 is 33.5 Å². The standard InChI is InChI=1S/C19H21NO3.Li/c1-20(12-18(21)22)11-15-13-23-17-10-6-5-9-16(17)19(15)14-7-3-2-4-8-14;/h2-10,15,19H,11-13H2,1H3,(H,21,22);/q;+1/p-1/t15-,19-;/m1./s1. The minimum absolute atomic E-state index is 0. The summed E-state index contributed by atoms with van der Waals surface area (Å²) < 4.78 is 5.90. The Morgan fingerprint density at radius 1 is 1.17 bits per heavy atom. The number of nitrogens with zero attached hydrogens (tertiary/aromatic N) is 1. The number of ether oxygens (including phenoxy) is 1. The topological polar surface area (TPSA) is 52.6 Å². The Labute approximate surface area is 154 Å². The zero-order valence-electron chi connectivity index (χ0n) is 14.1. The van der Waals surface area contributed by atoms with Crippen molar-refractivity contribution in [3.8, 4) is 5.75 Å². The van der Waals surface area contributed by atoms with Crippen molar-refractivity contribution in [3.63, 3.8) is 0 Å². The van der Waals surface area contributed by atoms with Gasteiger partial charge in [-0.25, -0.2) is 0 Å². The second kappa shape index (κ2) is 8.39. The van der Waals surface area contributed by atoms with E-state index in [4.69, 9.17) is 4.74 Å². The summed E-state index contributed by atoms with van der Waals surface area (Å²) in [6.07, 6.45) is 0. The largest absolute Gasteiger partial charge is 1.00 e. The van der Waals surface area contributed by atoms with Gasteiger partial charge in [0.1, 0.15) is 5.75 Å². The zero-order chi connectivity index (χ0) is 16.2. The van der Waals surface area contributed by atoms with E-state index in [1.807, 2.05) is 36.4 Å². The Balaban J connectivity index is 0.00000208. The van der Waals surface area contributed by atoms with Crippen LogP contribution >= 0.6 is 0 Å². The summed E-state index contributed by atoms with van der Waals surface area (Å²) in [5.41, 5.74) is 2.40. The Morgan fingerprint density at radius 2 is 1.83 bits per heavy atom. The first-order chi connectivity index (χ1) is 11.1. The Kier molecular flexibility index (Phi) is 6.50. The number of rotatable bonds is 5. The molecule has 0 aliphatic carbocycles. The molecule has 5 heteroatoms. The van der Waals surface area contributed by atoms with Gasteiger partial charge in [0.05, 0.1) is 12.6 Å². The molecule has 1 aliphatic heterocycles. The molecular weight excluding hydrogens is 297 g/mol. The van der Waals surface area contributed by atoms with E-state index in [0.29, 0.717) is 13.2 Å². The Hall–Kier alpha value is -1.73. The number of para-hydroxylation sites is 1. The normalized spacial score (nSPS) is 19.1. The van der Waals surface area contributed by atoms with E-state index in [1.54, 1.807) is 11.9 Å². The van der Waals surface area contributed by atoms with Crippen molar-refractivity contribution >= 4 is 5.97 Å².